The lowest BCUT2D eigenvalue weighted by molar-refractivity contribution is 0.131. The van der Waals surface area contributed by atoms with Gasteiger partial charge in [-0.3, -0.25) is 9.88 Å². The van der Waals surface area contributed by atoms with E-state index in [0.717, 1.165) is 31.7 Å². The van der Waals surface area contributed by atoms with E-state index in [9.17, 15) is 0 Å². The predicted molar refractivity (Wildman–Crippen MR) is 87.7 cm³/mol. The maximum atomic E-state index is 5.52. The molecule has 2 aromatic rings. The molecule has 6 nitrogen and oxygen atoms in total. The zero-order valence-corrected chi connectivity index (χ0v) is 14.1. The summed E-state index contributed by atoms with van der Waals surface area (Å²) < 4.78 is 5.52. The number of hydrogen-bond donors (Lipinski definition) is 1. The molecule has 3 atom stereocenters. The highest BCUT2D eigenvalue weighted by atomic mass is 16.4. The molecule has 23 heavy (non-hydrogen) atoms. The van der Waals surface area contributed by atoms with Crippen molar-refractivity contribution in [3.63, 3.8) is 0 Å². The van der Waals surface area contributed by atoms with Gasteiger partial charge in [-0.2, -0.15) is 0 Å². The van der Waals surface area contributed by atoms with Crippen molar-refractivity contribution in [3.05, 3.63) is 41.9 Å². The number of hydrogen-bond acceptors (Lipinski definition) is 6. The Bertz CT molecular complexity index is 614. The summed E-state index contributed by atoms with van der Waals surface area (Å²) in [5, 5.41) is 11.7. The molecule has 0 aliphatic carbocycles. The van der Waals surface area contributed by atoms with E-state index in [1.165, 1.54) is 0 Å². The van der Waals surface area contributed by atoms with Crippen molar-refractivity contribution in [1.82, 2.24) is 25.4 Å². The van der Waals surface area contributed by atoms with Crippen LogP contribution in [0.5, 0.6) is 0 Å². The van der Waals surface area contributed by atoms with Gasteiger partial charge in [-0.05, 0) is 31.4 Å². The lowest BCUT2D eigenvalue weighted by Gasteiger charge is -2.38. The van der Waals surface area contributed by atoms with Crippen LogP contribution in [0, 0.1) is 12.8 Å². The molecule has 0 saturated carbocycles. The fraction of sp³-hybridized carbons (Fsp3) is 0.588. The van der Waals surface area contributed by atoms with Crippen molar-refractivity contribution in [2.75, 3.05) is 13.1 Å². The van der Waals surface area contributed by atoms with E-state index < -0.39 is 0 Å². The molecule has 1 N–H and O–H groups in total. The first-order valence-corrected chi connectivity index (χ1v) is 8.30. The third-order valence-corrected chi connectivity index (χ3v) is 4.48. The summed E-state index contributed by atoms with van der Waals surface area (Å²) in [6.45, 7) is 9.28. The number of nitrogens with zero attached hydrogens (tertiary/aromatic N) is 4. The molecule has 2 aromatic heterocycles. The van der Waals surface area contributed by atoms with Crippen molar-refractivity contribution in [2.45, 2.75) is 45.8 Å². The Balaban J connectivity index is 1.52. The summed E-state index contributed by atoms with van der Waals surface area (Å²) in [4.78, 5) is 6.90. The van der Waals surface area contributed by atoms with Gasteiger partial charge in [-0.25, -0.2) is 0 Å². The minimum Gasteiger partial charge on any atom is -0.424 e. The van der Waals surface area contributed by atoms with Gasteiger partial charge in [0.1, 0.15) is 0 Å². The summed E-state index contributed by atoms with van der Waals surface area (Å²) in [5.74, 6) is 1.86. The normalized spacial score (nSPS) is 23.8. The third kappa shape index (κ3) is 4.14. The molecule has 0 amide bonds. The van der Waals surface area contributed by atoms with Crippen molar-refractivity contribution in [2.24, 2.45) is 5.92 Å². The second kappa shape index (κ2) is 7.19. The van der Waals surface area contributed by atoms with Crippen molar-refractivity contribution in [3.8, 4) is 0 Å². The van der Waals surface area contributed by atoms with Crippen LogP contribution in [0.25, 0.3) is 0 Å². The van der Waals surface area contributed by atoms with Gasteiger partial charge >= 0.3 is 0 Å². The highest BCUT2D eigenvalue weighted by Gasteiger charge is 2.28. The highest BCUT2D eigenvalue weighted by Crippen LogP contribution is 2.21. The van der Waals surface area contributed by atoms with Crippen LogP contribution < -0.4 is 5.32 Å². The van der Waals surface area contributed by atoms with Gasteiger partial charge in [-0.15, -0.1) is 10.2 Å². The largest absolute Gasteiger partial charge is 0.424 e. The first-order valence-electron chi connectivity index (χ1n) is 8.30. The molecule has 124 valence electrons. The molecule has 1 fully saturated rings. The van der Waals surface area contributed by atoms with Gasteiger partial charge in [0.15, 0.2) is 0 Å². The zero-order valence-electron chi connectivity index (χ0n) is 14.1. The summed E-state index contributed by atoms with van der Waals surface area (Å²) in [7, 11) is 0. The number of piperidine rings is 1. The first kappa shape index (κ1) is 16.1. The molecule has 1 saturated heterocycles. The maximum Gasteiger partial charge on any atom is 0.233 e. The molecule has 6 heteroatoms. The average Bonchev–Trinajstić information content (AvgIpc) is 2.98. The minimum atomic E-state index is 0.0889. The zero-order chi connectivity index (χ0) is 16.2. The van der Waals surface area contributed by atoms with Crippen LogP contribution in [0.3, 0.4) is 0 Å². The molecular weight excluding hydrogens is 290 g/mol. The monoisotopic (exact) mass is 315 g/mol. The van der Waals surface area contributed by atoms with Crippen LogP contribution in [-0.4, -0.2) is 39.2 Å². The molecule has 3 heterocycles. The van der Waals surface area contributed by atoms with E-state index in [2.05, 4.69) is 45.3 Å². The number of likely N-dealkylation sites (tertiary alicyclic amines) is 1. The fourth-order valence-electron chi connectivity index (χ4n) is 3.22. The van der Waals surface area contributed by atoms with E-state index in [4.69, 9.17) is 4.42 Å². The lowest BCUT2D eigenvalue weighted by Crippen LogP contribution is -2.48. The number of pyridine rings is 1. The van der Waals surface area contributed by atoms with E-state index in [-0.39, 0.29) is 6.04 Å². The van der Waals surface area contributed by atoms with Gasteiger partial charge in [-0.1, -0.05) is 13.0 Å². The molecule has 3 rings (SSSR count). The Morgan fingerprint density at radius 3 is 2.91 bits per heavy atom. The predicted octanol–water partition coefficient (Wildman–Crippen LogP) is 2.33. The quantitative estimate of drug-likeness (QED) is 0.913. The molecular formula is C17H25N5O. The highest BCUT2D eigenvalue weighted by molar-refractivity contribution is 5.03. The Morgan fingerprint density at radius 2 is 2.26 bits per heavy atom. The molecule has 0 aromatic carbocycles. The van der Waals surface area contributed by atoms with Crippen LogP contribution >= 0.6 is 0 Å². The average molecular weight is 315 g/mol. The van der Waals surface area contributed by atoms with Crippen LogP contribution in [0.2, 0.25) is 0 Å². The number of aryl methyl sites for hydroxylation is 1. The van der Waals surface area contributed by atoms with Crippen molar-refractivity contribution >= 4 is 0 Å². The Morgan fingerprint density at radius 1 is 1.39 bits per heavy atom. The molecule has 1 aliphatic rings. The minimum absolute atomic E-state index is 0.0889. The second-order valence-electron chi connectivity index (χ2n) is 6.48. The van der Waals surface area contributed by atoms with Crippen LogP contribution in [-0.2, 0) is 6.54 Å². The van der Waals surface area contributed by atoms with E-state index in [1.54, 1.807) is 0 Å². The Hall–Kier alpha value is -1.79. The number of rotatable bonds is 5. The van der Waals surface area contributed by atoms with Gasteiger partial charge < -0.3 is 9.73 Å². The molecule has 0 bridgehead atoms. The topological polar surface area (TPSA) is 67.1 Å². The van der Waals surface area contributed by atoms with Crippen LogP contribution in [0.15, 0.2) is 28.8 Å². The van der Waals surface area contributed by atoms with E-state index >= 15 is 0 Å². The smallest absolute Gasteiger partial charge is 0.233 e. The van der Waals surface area contributed by atoms with E-state index in [1.807, 2.05) is 25.3 Å². The number of aromatic nitrogens is 3. The standard InChI is InChI=1S/C17H25N5O/c1-12-10-22(11-15-6-4-5-8-18-15)9-7-16(12)19-13(2)17-21-20-14(3)23-17/h4-6,8,12-13,16,19H,7,9-11H2,1-3H3/t12-,13+,16-/m1/s1. The third-order valence-electron chi connectivity index (χ3n) is 4.48. The van der Waals surface area contributed by atoms with Crippen molar-refractivity contribution in [1.29, 1.82) is 0 Å². The fourth-order valence-corrected chi connectivity index (χ4v) is 3.22. The second-order valence-corrected chi connectivity index (χ2v) is 6.48. The first-order chi connectivity index (χ1) is 11.1. The summed E-state index contributed by atoms with van der Waals surface area (Å²) >= 11 is 0. The van der Waals surface area contributed by atoms with Crippen LogP contribution in [0.1, 0.15) is 43.8 Å². The maximum absolute atomic E-state index is 5.52. The van der Waals surface area contributed by atoms with Crippen molar-refractivity contribution < 1.29 is 4.42 Å². The van der Waals surface area contributed by atoms with Crippen LogP contribution in [0.4, 0.5) is 0 Å². The molecule has 0 spiro atoms. The molecule has 1 aliphatic heterocycles. The molecule has 0 radical (unpaired) electrons. The van der Waals surface area contributed by atoms with Gasteiger partial charge in [0.25, 0.3) is 0 Å². The van der Waals surface area contributed by atoms with Gasteiger partial charge in [0, 0.05) is 38.8 Å². The summed E-state index contributed by atoms with van der Waals surface area (Å²) in [6.07, 6.45) is 2.98. The lowest BCUT2D eigenvalue weighted by atomic mass is 9.93. The van der Waals surface area contributed by atoms with E-state index in [0.29, 0.717) is 23.7 Å². The Labute approximate surface area is 137 Å². The summed E-state index contributed by atoms with van der Waals surface area (Å²) in [5.41, 5.74) is 1.14. The Kier molecular flexibility index (Phi) is 5.03. The van der Waals surface area contributed by atoms with Gasteiger partial charge in [0.2, 0.25) is 11.8 Å². The summed E-state index contributed by atoms with van der Waals surface area (Å²) in [6, 6.07) is 6.66. The SMILES string of the molecule is Cc1nnc([C@H](C)N[C@@H]2CCN(Cc3ccccn3)C[C@H]2C)o1. The van der Waals surface area contributed by atoms with Gasteiger partial charge in [0.05, 0.1) is 11.7 Å². The molecule has 0 unspecified atom stereocenters. The number of nitrogens with one attached hydrogen (secondary N) is 1.